The summed E-state index contributed by atoms with van der Waals surface area (Å²) < 4.78 is 1.76. The van der Waals surface area contributed by atoms with Crippen LogP contribution in [0.1, 0.15) is 12.2 Å². The minimum Gasteiger partial charge on any atom is -0.396 e. The molecule has 0 saturated carbocycles. The summed E-state index contributed by atoms with van der Waals surface area (Å²) in [6.07, 6.45) is 4.04. The number of rotatable bonds is 2. The van der Waals surface area contributed by atoms with Gasteiger partial charge in [-0.15, -0.1) is 0 Å². The molecule has 1 aliphatic heterocycles. The Balaban J connectivity index is 1.90. The summed E-state index contributed by atoms with van der Waals surface area (Å²) >= 11 is 0. The predicted molar refractivity (Wildman–Crippen MR) is 62.1 cm³/mol. The van der Waals surface area contributed by atoms with E-state index in [9.17, 15) is 0 Å². The second-order valence-corrected chi connectivity index (χ2v) is 4.32. The summed E-state index contributed by atoms with van der Waals surface area (Å²) in [4.78, 5) is 4.47. The van der Waals surface area contributed by atoms with Gasteiger partial charge in [-0.3, -0.25) is 0 Å². The molecule has 0 spiro atoms. The zero-order valence-corrected chi connectivity index (χ0v) is 9.06. The van der Waals surface area contributed by atoms with Gasteiger partial charge >= 0.3 is 0 Å². The predicted octanol–water partition coefficient (Wildman–Crippen LogP) is 0.463. The molecule has 0 radical (unpaired) electrons. The van der Waals surface area contributed by atoms with Crippen molar-refractivity contribution < 1.29 is 0 Å². The monoisotopic (exact) mass is 217 g/mol. The van der Waals surface area contributed by atoms with E-state index in [1.165, 1.54) is 6.42 Å². The molecule has 2 aromatic heterocycles. The van der Waals surface area contributed by atoms with Gasteiger partial charge in [0.25, 0.3) is 0 Å². The van der Waals surface area contributed by atoms with Crippen molar-refractivity contribution in [2.24, 2.45) is 5.92 Å². The van der Waals surface area contributed by atoms with Crippen LogP contribution in [0.25, 0.3) is 5.65 Å². The van der Waals surface area contributed by atoms with Gasteiger partial charge in [0.2, 0.25) is 0 Å². The van der Waals surface area contributed by atoms with Crippen LogP contribution in [0, 0.1) is 5.92 Å². The largest absolute Gasteiger partial charge is 0.396 e. The molecule has 1 atom stereocenters. The van der Waals surface area contributed by atoms with E-state index in [0.717, 1.165) is 31.0 Å². The SMILES string of the molecule is Nc1cccn2nc(CC3CCNC3)nc12. The third kappa shape index (κ3) is 1.63. The van der Waals surface area contributed by atoms with E-state index < -0.39 is 0 Å². The number of nitrogens with two attached hydrogens (primary N) is 1. The van der Waals surface area contributed by atoms with Crippen LogP contribution in [0.15, 0.2) is 18.3 Å². The second kappa shape index (κ2) is 3.75. The maximum Gasteiger partial charge on any atom is 0.178 e. The van der Waals surface area contributed by atoms with E-state index in [4.69, 9.17) is 5.73 Å². The van der Waals surface area contributed by atoms with Crippen LogP contribution in [0.4, 0.5) is 5.69 Å². The Kier molecular flexibility index (Phi) is 2.25. The van der Waals surface area contributed by atoms with Crippen molar-refractivity contribution >= 4 is 11.3 Å². The van der Waals surface area contributed by atoms with Crippen LogP contribution in [0.5, 0.6) is 0 Å². The van der Waals surface area contributed by atoms with E-state index >= 15 is 0 Å². The minimum atomic E-state index is 0.665. The van der Waals surface area contributed by atoms with Gasteiger partial charge < -0.3 is 11.1 Å². The van der Waals surface area contributed by atoms with Crippen LogP contribution in [0.2, 0.25) is 0 Å². The maximum atomic E-state index is 5.84. The number of nitrogens with zero attached hydrogens (tertiary/aromatic N) is 3. The zero-order valence-electron chi connectivity index (χ0n) is 9.06. The van der Waals surface area contributed by atoms with Crippen molar-refractivity contribution in [2.75, 3.05) is 18.8 Å². The summed E-state index contributed by atoms with van der Waals surface area (Å²) in [5.74, 6) is 1.56. The summed E-state index contributed by atoms with van der Waals surface area (Å²) in [7, 11) is 0. The maximum absolute atomic E-state index is 5.84. The van der Waals surface area contributed by atoms with Crippen molar-refractivity contribution in [3.63, 3.8) is 0 Å². The molecule has 3 heterocycles. The Morgan fingerprint density at radius 1 is 1.56 bits per heavy atom. The van der Waals surface area contributed by atoms with Gasteiger partial charge in [-0.1, -0.05) is 0 Å². The lowest BCUT2D eigenvalue weighted by atomic mass is 10.1. The summed E-state index contributed by atoms with van der Waals surface area (Å²) in [6.45, 7) is 2.19. The topological polar surface area (TPSA) is 68.2 Å². The second-order valence-electron chi connectivity index (χ2n) is 4.32. The van der Waals surface area contributed by atoms with Crippen molar-refractivity contribution in [3.05, 3.63) is 24.2 Å². The molecule has 84 valence electrons. The number of hydrogen-bond acceptors (Lipinski definition) is 4. The highest BCUT2D eigenvalue weighted by Gasteiger charge is 2.17. The Morgan fingerprint density at radius 2 is 2.50 bits per heavy atom. The highest BCUT2D eigenvalue weighted by molar-refractivity contribution is 5.63. The normalized spacial score (nSPS) is 20.6. The van der Waals surface area contributed by atoms with Crippen LogP contribution in [0.3, 0.4) is 0 Å². The number of nitrogens with one attached hydrogen (secondary N) is 1. The average molecular weight is 217 g/mol. The Bertz CT molecular complexity index is 498. The number of pyridine rings is 1. The van der Waals surface area contributed by atoms with Crippen LogP contribution < -0.4 is 11.1 Å². The third-order valence-corrected chi connectivity index (χ3v) is 3.07. The summed E-state index contributed by atoms with van der Waals surface area (Å²) in [5, 5.41) is 7.79. The Morgan fingerprint density at radius 3 is 3.25 bits per heavy atom. The highest BCUT2D eigenvalue weighted by Crippen LogP contribution is 2.15. The first kappa shape index (κ1) is 9.59. The Hall–Kier alpha value is -1.62. The van der Waals surface area contributed by atoms with Crippen LogP contribution >= 0.6 is 0 Å². The molecule has 1 fully saturated rings. The fourth-order valence-electron chi connectivity index (χ4n) is 2.20. The van der Waals surface area contributed by atoms with E-state index in [0.29, 0.717) is 11.6 Å². The lowest BCUT2D eigenvalue weighted by molar-refractivity contribution is 0.561. The molecular formula is C11H15N5. The molecule has 0 aromatic carbocycles. The molecule has 0 amide bonds. The van der Waals surface area contributed by atoms with Crippen LogP contribution in [-0.2, 0) is 6.42 Å². The van der Waals surface area contributed by atoms with E-state index in [1.807, 2.05) is 18.3 Å². The molecule has 3 rings (SSSR count). The average Bonchev–Trinajstić information content (AvgIpc) is 2.88. The lowest BCUT2D eigenvalue weighted by Crippen LogP contribution is -2.11. The summed E-state index contributed by atoms with van der Waals surface area (Å²) in [6, 6.07) is 3.74. The van der Waals surface area contributed by atoms with Gasteiger partial charge in [-0.2, -0.15) is 5.10 Å². The molecule has 0 bridgehead atoms. The number of nitrogen functional groups attached to an aromatic ring is 1. The van der Waals surface area contributed by atoms with Gasteiger partial charge in [-0.05, 0) is 37.6 Å². The quantitative estimate of drug-likeness (QED) is 0.767. The number of fused-ring (bicyclic) bond motifs is 1. The van der Waals surface area contributed by atoms with Crippen molar-refractivity contribution in [1.82, 2.24) is 19.9 Å². The fourth-order valence-corrected chi connectivity index (χ4v) is 2.20. The number of anilines is 1. The lowest BCUT2D eigenvalue weighted by Gasteiger charge is -2.02. The molecule has 5 heteroatoms. The van der Waals surface area contributed by atoms with E-state index in [2.05, 4.69) is 15.4 Å². The van der Waals surface area contributed by atoms with E-state index in [1.54, 1.807) is 4.52 Å². The molecule has 0 aliphatic carbocycles. The first-order chi connectivity index (χ1) is 7.83. The molecule has 16 heavy (non-hydrogen) atoms. The third-order valence-electron chi connectivity index (χ3n) is 3.07. The van der Waals surface area contributed by atoms with E-state index in [-0.39, 0.29) is 0 Å². The first-order valence-electron chi connectivity index (χ1n) is 5.63. The standard InChI is InChI=1S/C11H15N5/c12-9-2-1-5-16-11(9)14-10(15-16)6-8-3-4-13-7-8/h1-2,5,8,13H,3-4,6-7,12H2. The van der Waals surface area contributed by atoms with Crippen molar-refractivity contribution in [2.45, 2.75) is 12.8 Å². The molecule has 5 nitrogen and oxygen atoms in total. The molecule has 1 aliphatic rings. The van der Waals surface area contributed by atoms with Gasteiger partial charge in [0.1, 0.15) is 0 Å². The fraction of sp³-hybridized carbons (Fsp3) is 0.455. The number of hydrogen-bond donors (Lipinski definition) is 2. The van der Waals surface area contributed by atoms with Gasteiger partial charge in [-0.25, -0.2) is 9.50 Å². The van der Waals surface area contributed by atoms with Crippen LogP contribution in [-0.4, -0.2) is 27.7 Å². The molecule has 1 saturated heterocycles. The van der Waals surface area contributed by atoms with Gasteiger partial charge in [0, 0.05) is 12.6 Å². The Labute approximate surface area is 93.7 Å². The number of aromatic nitrogens is 3. The minimum absolute atomic E-state index is 0.665. The first-order valence-corrected chi connectivity index (χ1v) is 5.63. The summed E-state index contributed by atoms with van der Waals surface area (Å²) in [5.41, 5.74) is 7.30. The molecule has 2 aromatic rings. The van der Waals surface area contributed by atoms with Gasteiger partial charge in [0.15, 0.2) is 11.5 Å². The zero-order chi connectivity index (χ0) is 11.0. The molecule has 1 unspecified atom stereocenters. The highest BCUT2D eigenvalue weighted by atomic mass is 15.3. The van der Waals surface area contributed by atoms with Crippen molar-refractivity contribution in [3.8, 4) is 0 Å². The molecule has 3 N–H and O–H groups in total. The molecular weight excluding hydrogens is 202 g/mol. The van der Waals surface area contributed by atoms with Crippen molar-refractivity contribution in [1.29, 1.82) is 0 Å². The van der Waals surface area contributed by atoms with Gasteiger partial charge in [0.05, 0.1) is 5.69 Å². The smallest absolute Gasteiger partial charge is 0.178 e.